The van der Waals surface area contributed by atoms with Gasteiger partial charge in [0.15, 0.2) is 5.76 Å². The quantitative estimate of drug-likeness (QED) is 0.480. The van der Waals surface area contributed by atoms with Crippen molar-refractivity contribution < 1.29 is 27.9 Å². The van der Waals surface area contributed by atoms with Crippen molar-refractivity contribution >= 4 is 29.5 Å². The Hall–Kier alpha value is -4.20. The first-order chi connectivity index (χ1) is 14.5. The van der Waals surface area contributed by atoms with Crippen LogP contribution in [0.15, 0.2) is 77.0 Å². The van der Waals surface area contributed by atoms with Gasteiger partial charge in [0.05, 0.1) is 18.9 Å². The summed E-state index contributed by atoms with van der Waals surface area (Å²) >= 11 is 0. The van der Waals surface area contributed by atoms with Gasteiger partial charge in [-0.3, -0.25) is 9.59 Å². The Morgan fingerprint density at radius 1 is 1.03 bits per heavy atom. The Morgan fingerprint density at radius 2 is 1.80 bits per heavy atom. The van der Waals surface area contributed by atoms with E-state index >= 15 is 0 Å². The lowest BCUT2D eigenvalue weighted by Gasteiger charge is -2.11. The molecule has 1 aromatic heterocycles. The number of furan rings is 1. The van der Waals surface area contributed by atoms with E-state index in [0.717, 1.165) is 0 Å². The summed E-state index contributed by atoms with van der Waals surface area (Å²) < 4.78 is 22.9. The van der Waals surface area contributed by atoms with Gasteiger partial charge in [0.1, 0.15) is 11.5 Å². The summed E-state index contributed by atoms with van der Waals surface area (Å²) in [4.78, 5) is 36.9. The first-order valence-corrected chi connectivity index (χ1v) is 8.78. The Labute approximate surface area is 171 Å². The fourth-order valence-electron chi connectivity index (χ4n) is 2.52. The lowest BCUT2D eigenvalue weighted by Crippen LogP contribution is -2.30. The zero-order chi connectivity index (χ0) is 21.5. The second kappa shape index (κ2) is 9.33. The van der Waals surface area contributed by atoms with Gasteiger partial charge in [0, 0.05) is 5.69 Å². The molecule has 0 radical (unpaired) electrons. The maximum atomic E-state index is 13.2. The Bertz CT molecular complexity index is 1090. The molecule has 7 nitrogen and oxygen atoms in total. The number of halogens is 1. The minimum Gasteiger partial charge on any atom is -0.465 e. The van der Waals surface area contributed by atoms with Gasteiger partial charge in [-0.25, -0.2) is 9.18 Å². The molecule has 0 bridgehead atoms. The van der Waals surface area contributed by atoms with Crippen molar-refractivity contribution in [1.29, 1.82) is 0 Å². The molecule has 3 rings (SSSR count). The van der Waals surface area contributed by atoms with Crippen LogP contribution in [0.5, 0.6) is 0 Å². The van der Waals surface area contributed by atoms with Gasteiger partial charge >= 0.3 is 5.97 Å². The summed E-state index contributed by atoms with van der Waals surface area (Å²) in [6, 6.07) is 14.5. The number of hydrogen-bond donors (Lipinski definition) is 2. The minimum absolute atomic E-state index is 0.0143. The number of rotatable bonds is 6. The summed E-state index contributed by atoms with van der Waals surface area (Å²) in [5.74, 6) is -2.26. The number of benzene rings is 2. The molecule has 0 aliphatic rings. The van der Waals surface area contributed by atoms with E-state index in [1.807, 2.05) is 0 Å². The van der Waals surface area contributed by atoms with E-state index in [-0.39, 0.29) is 17.0 Å². The third-order valence-electron chi connectivity index (χ3n) is 3.96. The van der Waals surface area contributed by atoms with Crippen molar-refractivity contribution in [3.05, 3.63) is 95.3 Å². The van der Waals surface area contributed by atoms with Gasteiger partial charge in [-0.15, -0.1) is 0 Å². The number of methoxy groups -OCH3 is 1. The average Bonchev–Trinajstić information content (AvgIpc) is 3.29. The molecule has 1 heterocycles. The van der Waals surface area contributed by atoms with Crippen molar-refractivity contribution in [3.8, 4) is 0 Å². The number of carbonyl (C=O) groups is 3. The molecular formula is C22H17FN2O5. The molecule has 2 amide bonds. The van der Waals surface area contributed by atoms with E-state index in [0.29, 0.717) is 11.3 Å². The van der Waals surface area contributed by atoms with E-state index in [1.165, 1.54) is 68.0 Å². The van der Waals surface area contributed by atoms with Gasteiger partial charge in [-0.05, 0) is 54.1 Å². The Kier molecular flexibility index (Phi) is 6.39. The number of hydrogen-bond acceptors (Lipinski definition) is 5. The monoisotopic (exact) mass is 408 g/mol. The molecule has 0 saturated carbocycles. The van der Waals surface area contributed by atoms with E-state index < -0.39 is 23.6 Å². The maximum absolute atomic E-state index is 13.2. The zero-order valence-corrected chi connectivity index (χ0v) is 15.8. The Morgan fingerprint density at radius 3 is 2.47 bits per heavy atom. The minimum atomic E-state index is -0.652. The molecule has 2 aromatic carbocycles. The topological polar surface area (TPSA) is 97.6 Å². The van der Waals surface area contributed by atoms with Crippen LogP contribution in [0.2, 0.25) is 0 Å². The van der Waals surface area contributed by atoms with Gasteiger partial charge in [-0.2, -0.15) is 0 Å². The summed E-state index contributed by atoms with van der Waals surface area (Å²) in [5.41, 5.74) is 0.954. The zero-order valence-electron chi connectivity index (χ0n) is 15.8. The van der Waals surface area contributed by atoms with E-state index in [2.05, 4.69) is 15.4 Å². The number of carbonyl (C=O) groups excluding carboxylic acids is 3. The number of amides is 2. The van der Waals surface area contributed by atoms with Crippen LogP contribution in [-0.2, 0) is 9.53 Å². The van der Waals surface area contributed by atoms with Crippen LogP contribution in [0, 0.1) is 5.82 Å². The SMILES string of the molecule is COC(=O)c1cccc(NC(=O)C(=Cc2ccc(F)cc2)NC(=O)c2ccco2)c1. The van der Waals surface area contributed by atoms with Crippen molar-refractivity contribution in [1.82, 2.24) is 5.32 Å². The molecule has 2 N–H and O–H groups in total. The van der Waals surface area contributed by atoms with Crippen LogP contribution >= 0.6 is 0 Å². The standard InChI is InChI=1S/C22H17FN2O5/c1-29-22(28)15-4-2-5-17(13-15)24-20(26)18(12-14-7-9-16(23)10-8-14)25-21(27)19-6-3-11-30-19/h2-13H,1H3,(H,24,26)(H,25,27). The van der Waals surface area contributed by atoms with Gasteiger partial charge in [0.25, 0.3) is 11.8 Å². The normalized spacial score (nSPS) is 10.9. The largest absolute Gasteiger partial charge is 0.465 e. The molecule has 0 atom stereocenters. The highest BCUT2D eigenvalue weighted by molar-refractivity contribution is 6.10. The predicted molar refractivity (Wildman–Crippen MR) is 107 cm³/mol. The summed E-state index contributed by atoms with van der Waals surface area (Å²) in [6.45, 7) is 0. The number of nitrogens with one attached hydrogen (secondary N) is 2. The highest BCUT2D eigenvalue weighted by Gasteiger charge is 2.17. The maximum Gasteiger partial charge on any atom is 0.337 e. The Balaban J connectivity index is 1.87. The molecule has 0 spiro atoms. The molecule has 0 unspecified atom stereocenters. The highest BCUT2D eigenvalue weighted by atomic mass is 19.1. The van der Waals surface area contributed by atoms with E-state index in [1.54, 1.807) is 12.1 Å². The average molecular weight is 408 g/mol. The van der Waals surface area contributed by atoms with Crippen LogP contribution in [-0.4, -0.2) is 24.9 Å². The van der Waals surface area contributed by atoms with Gasteiger partial charge in [-0.1, -0.05) is 18.2 Å². The first-order valence-electron chi connectivity index (χ1n) is 8.78. The summed E-state index contributed by atoms with van der Waals surface area (Å²) in [6.07, 6.45) is 2.72. The fourth-order valence-corrected chi connectivity index (χ4v) is 2.52. The first kappa shape index (κ1) is 20.5. The molecule has 0 aliphatic carbocycles. The van der Waals surface area contributed by atoms with Crippen LogP contribution < -0.4 is 10.6 Å². The van der Waals surface area contributed by atoms with E-state index in [9.17, 15) is 18.8 Å². The number of esters is 1. The molecule has 30 heavy (non-hydrogen) atoms. The van der Waals surface area contributed by atoms with Crippen LogP contribution in [0.1, 0.15) is 26.5 Å². The van der Waals surface area contributed by atoms with Gasteiger partial charge < -0.3 is 19.8 Å². The van der Waals surface area contributed by atoms with Crippen molar-refractivity contribution in [2.75, 3.05) is 12.4 Å². The van der Waals surface area contributed by atoms with Gasteiger partial charge in [0.2, 0.25) is 0 Å². The van der Waals surface area contributed by atoms with Crippen LogP contribution in [0.4, 0.5) is 10.1 Å². The van der Waals surface area contributed by atoms with Crippen molar-refractivity contribution in [2.24, 2.45) is 0 Å². The summed E-state index contributed by atoms with van der Waals surface area (Å²) in [7, 11) is 1.25. The second-order valence-electron chi connectivity index (χ2n) is 6.07. The lowest BCUT2D eigenvalue weighted by atomic mass is 10.1. The molecule has 0 saturated heterocycles. The second-order valence-corrected chi connectivity index (χ2v) is 6.07. The number of anilines is 1. The third kappa shape index (κ3) is 5.20. The molecule has 8 heteroatoms. The highest BCUT2D eigenvalue weighted by Crippen LogP contribution is 2.14. The molecule has 3 aromatic rings. The molecule has 152 valence electrons. The van der Waals surface area contributed by atoms with Crippen LogP contribution in [0.25, 0.3) is 6.08 Å². The molecule has 0 aliphatic heterocycles. The molecular weight excluding hydrogens is 391 g/mol. The molecule has 0 fully saturated rings. The van der Waals surface area contributed by atoms with Crippen LogP contribution in [0.3, 0.4) is 0 Å². The third-order valence-corrected chi connectivity index (χ3v) is 3.96. The smallest absolute Gasteiger partial charge is 0.337 e. The number of ether oxygens (including phenoxy) is 1. The fraction of sp³-hybridized carbons (Fsp3) is 0.0455. The van der Waals surface area contributed by atoms with Crippen molar-refractivity contribution in [2.45, 2.75) is 0 Å². The summed E-state index contributed by atoms with van der Waals surface area (Å²) in [5, 5.41) is 5.09. The predicted octanol–water partition coefficient (Wildman–Crippen LogP) is 3.61. The van der Waals surface area contributed by atoms with Crippen molar-refractivity contribution in [3.63, 3.8) is 0 Å². The van der Waals surface area contributed by atoms with E-state index in [4.69, 9.17) is 4.42 Å². The lowest BCUT2D eigenvalue weighted by molar-refractivity contribution is -0.113.